The van der Waals surface area contributed by atoms with E-state index in [2.05, 4.69) is 4.99 Å². The number of hydrogen-bond donors (Lipinski definition) is 1. The Morgan fingerprint density at radius 3 is 2.81 bits per heavy atom. The zero-order chi connectivity index (χ0) is 12.1. The van der Waals surface area contributed by atoms with Crippen molar-refractivity contribution in [3.8, 4) is 0 Å². The number of nitro groups is 1. The Bertz CT molecular complexity index is 451. The lowest BCUT2D eigenvalue weighted by Crippen LogP contribution is -2.21. The van der Waals surface area contributed by atoms with Crippen molar-refractivity contribution < 1.29 is 10.1 Å². The summed E-state index contributed by atoms with van der Waals surface area (Å²) in [5.74, 6) is 0. The second-order valence-electron chi connectivity index (χ2n) is 3.52. The summed E-state index contributed by atoms with van der Waals surface area (Å²) in [4.78, 5) is 14.2. The van der Waals surface area contributed by atoms with E-state index in [1.54, 1.807) is 6.92 Å². The van der Waals surface area contributed by atoms with E-state index in [1.807, 2.05) is 6.92 Å². The van der Waals surface area contributed by atoms with Crippen molar-refractivity contribution >= 4 is 5.69 Å². The molecule has 0 aliphatic rings. The average molecular weight is 225 g/mol. The van der Waals surface area contributed by atoms with Gasteiger partial charge < -0.3 is 5.21 Å². The fraction of sp³-hybridized carbons (Fsp3) is 0.500. The normalized spacial score (nSPS) is 11.8. The number of rotatable bonds is 4. The summed E-state index contributed by atoms with van der Waals surface area (Å²) < 4.78 is 0.864. The molecule has 0 aromatic carbocycles. The second-order valence-corrected chi connectivity index (χ2v) is 3.52. The molecule has 0 atom stereocenters. The van der Waals surface area contributed by atoms with Crippen LogP contribution in [0.4, 0.5) is 5.69 Å². The standard InChI is InChI=1S/C10H15N3O3/c1-3-4-5-11-10-7-9(13(15)16)6-8(2)12(10)14/h6-7,14H,3-5H2,1-2H3. The van der Waals surface area contributed by atoms with E-state index < -0.39 is 4.92 Å². The van der Waals surface area contributed by atoms with Crippen molar-refractivity contribution in [2.75, 3.05) is 6.54 Å². The van der Waals surface area contributed by atoms with Crippen LogP contribution in [0.2, 0.25) is 0 Å². The van der Waals surface area contributed by atoms with Crippen LogP contribution < -0.4 is 5.49 Å². The summed E-state index contributed by atoms with van der Waals surface area (Å²) in [5, 5.41) is 20.2. The molecule has 0 amide bonds. The summed E-state index contributed by atoms with van der Waals surface area (Å²) in [6.45, 7) is 4.17. The van der Waals surface area contributed by atoms with Gasteiger partial charge in [-0.25, -0.2) is 0 Å². The number of aryl methyl sites for hydroxylation is 1. The van der Waals surface area contributed by atoms with Crippen LogP contribution in [0.5, 0.6) is 0 Å². The zero-order valence-electron chi connectivity index (χ0n) is 9.38. The van der Waals surface area contributed by atoms with Crippen molar-refractivity contribution in [2.45, 2.75) is 26.7 Å². The highest BCUT2D eigenvalue weighted by Crippen LogP contribution is 2.08. The molecule has 1 rings (SSSR count). The number of pyridine rings is 1. The van der Waals surface area contributed by atoms with Gasteiger partial charge in [0.15, 0.2) is 5.49 Å². The Labute approximate surface area is 93.0 Å². The van der Waals surface area contributed by atoms with Crippen LogP contribution in [0.1, 0.15) is 25.5 Å². The fourth-order valence-electron chi connectivity index (χ4n) is 1.26. The molecule has 1 aromatic heterocycles. The van der Waals surface area contributed by atoms with E-state index in [-0.39, 0.29) is 11.2 Å². The maximum atomic E-state index is 10.6. The quantitative estimate of drug-likeness (QED) is 0.366. The van der Waals surface area contributed by atoms with Gasteiger partial charge in [-0.3, -0.25) is 15.1 Å². The van der Waals surface area contributed by atoms with Crippen molar-refractivity contribution in [2.24, 2.45) is 4.99 Å². The summed E-state index contributed by atoms with van der Waals surface area (Å²) in [6, 6.07) is 2.57. The third-order valence-electron chi connectivity index (χ3n) is 2.18. The Balaban J connectivity index is 3.16. The Morgan fingerprint density at radius 2 is 2.25 bits per heavy atom. The van der Waals surface area contributed by atoms with Gasteiger partial charge in [0.25, 0.3) is 5.69 Å². The van der Waals surface area contributed by atoms with Crippen LogP contribution in [0.25, 0.3) is 0 Å². The van der Waals surface area contributed by atoms with Gasteiger partial charge in [0.1, 0.15) is 0 Å². The number of nitrogens with zero attached hydrogens (tertiary/aromatic N) is 3. The molecular formula is C10H15N3O3. The lowest BCUT2D eigenvalue weighted by molar-refractivity contribution is -0.385. The molecule has 0 saturated heterocycles. The van der Waals surface area contributed by atoms with Crippen LogP contribution in [0.3, 0.4) is 0 Å². The first-order chi connectivity index (χ1) is 7.56. The summed E-state index contributed by atoms with van der Waals surface area (Å²) in [6.07, 6.45) is 1.88. The highest BCUT2D eigenvalue weighted by molar-refractivity contribution is 5.29. The molecule has 0 saturated carbocycles. The molecule has 1 aromatic rings. The molecule has 0 radical (unpaired) electrons. The molecule has 0 aliphatic carbocycles. The van der Waals surface area contributed by atoms with Crippen molar-refractivity contribution in [1.29, 1.82) is 0 Å². The number of unbranched alkanes of at least 4 members (excludes halogenated alkanes) is 1. The highest BCUT2D eigenvalue weighted by atomic mass is 16.6. The van der Waals surface area contributed by atoms with Crippen LogP contribution in [-0.2, 0) is 0 Å². The summed E-state index contributed by atoms with van der Waals surface area (Å²) >= 11 is 0. The Hall–Kier alpha value is -1.85. The first-order valence-electron chi connectivity index (χ1n) is 5.14. The largest absolute Gasteiger partial charge is 0.427 e. The van der Waals surface area contributed by atoms with Crippen molar-refractivity contribution in [3.63, 3.8) is 0 Å². The van der Waals surface area contributed by atoms with Gasteiger partial charge in [-0.1, -0.05) is 13.3 Å². The summed E-state index contributed by atoms with van der Waals surface area (Å²) in [7, 11) is 0. The van der Waals surface area contributed by atoms with Crippen LogP contribution in [0, 0.1) is 17.0 Å². The maximum Gasteiger partial charge on any atom is 0.275 e. The topological polar surface area (TPSA) is 80.7 Å². The van der Waals surface area contributed by atoms with Crippen LogP contribution in [0.15, 0.2) is 17.1 Å². The molecule has 0 bridgehead atoms. The smallest absolute Gasteiger partial charge is 0.275 e. The summed E-state index contributed by atoms with van der Waals surface area (Å²) in [5.41, 5.74) is 0.558. The SMILES string of the molecule is CCCCN=c1cc([N+](=O)[O-])cc(C)n1O. The van der Waals surface area contributed by atoms with E-state index in [0.717, 1.165) is 17.6 Å². The van der Waals surface area contributed by atoms with Gasteiger partial charge >= 0.3 is 0 Å². The fourth-order valence-corrected chi connectivity index (χ4v) is 1.26. The van der Waals surface area contributed by atoms with Crippen LogP contribution in [-0.4, -0.2) is 21.4 Å². The van der Waals surface area contributed by atoms with Crippen molar-refractivity contribution in [3.05, 3.63) is 33.4 Å². The molecule has 0 unspecified atom stereocenters. The lowest BCUT2D eigenvalue weighted by Gasteiger charge is -2.03. The molecular weight excluding hydrogens is 210 g/mol. The lowest BCUT2D eigenvalue weighted by atomic mass is 10.3. The van der Waals surface area contributed by atoms with Gasteiger partial charge in [-0.15, -0.1) is 0 Å². The van der Waals surface area contributed by atoms with E-state index in [9.17, 15) is 15.3 Å². The van der Waals surface area contributed by atoms with Gasteiger partial charge in [-0.2, -0.15) is 4.73 Å². The van der Waals surface area contributed by atoms with Gasteiger partial charge in [0, 0.05) is 12.6 Å². The van der Waals surface area contributed by atoms with E-state index in [4.69, 9.17) is 0 Å². The third-order valence-corrected chi connectivity index (χ3v) is 2.18. The predicted octanol–water partition coefficient (Wildman–Crippen LogP) is 1.64. The predicted molar refractivity (Wildman–Crippen MR) is 58.3 cm³/mol. The minimum atomic E-state index is -0.494. The average Bonchev–Trinajstić information content (AvgIpc) is 2.24. The van der Waals surface area contributed by atoms with Crippen LogP contribution >= 0.6 is 0 Å². The Kier molecular flexibility index (Phi) is 4.04. The first-order valence-corrected chi connectivity index (χ1v) is 5.14. The monoisotopic (exact) mass is 225 g/mol. The molecule has 0 fully saturated rings. The molecule has 16 heavy (non-hydrogen) atoms. The zero-order valence-corrected chi connectivity index (χ0v) is 9.38. The van der Waals surface area contributed by atoms with Gasteiger partial charge in [0.2, 0.25) is 0 Å². The number of aromatic nitrogens is 1. The Morgan fingerprint density at radius 1 is 1.56 bits per heavy atom. The molecule has 6 heteroatoms. The molecule has 88 valence electrons. The van der Waals surface area contributed by atoms with E-state index in [1.165, 1.54) is 12.1 Å². The van der Waals surface area contributed by atoms with Gasteiger partial charge in [-0.05, 0) is 13.3 Å². The maximum absolute atomic E-state index is 10.6. The van der Waals surface area contributed by atoms with Crippen molar-refractivity contribution in [1.82, 2.24) is 4.73 Å². The minimum Gasteiger partial charge on any atom is -0.427 e. The minimum absolute atomic E-state index is 0.0574. The molecule has 1 heterocycles. The number of hydrogen-bond acceptors (Lipinski definition) is 4. The van der Waals surface area contributed by atoms with E-state index in [0.29, 0.717) is 12.2 Å². The van der Waals surface area contributed by atoms with Gasteiger partial charge in [0.05, 0.1) is 16.7 Å². The third kappa shape index (κ3) is 2.82. The molecule has 0 aliphatic heterocycles. The molecule has 1 N–H and O–H groups in total. The molecule has 6 nitrogen and oxygen atoms in total. The van der Waals surface area contributed by atoms with E-state index >= 15 is 0 Å². The first kappa shape index (κ1) is 12.2. The molecule has 0 spiro atoms. The highest BCUT2D eigenvalue weighted by Gasteiger charge is 2.09. The second kappa shape index (κ2) is 5.29.